The van der Waals surface area contributed by atoms with Crippen molar-refractivity contribution in [1.29, 1.82) is 0 Å². The lowest BCUT2D eigenvalue weighted by atomic mass is 10.8. The SMILES string of the molecule is [N-]=[N+]=NCCSc1ncco1. The summed E-state index contributed by atoms with van der Waals surface area (Å²) in [6.45, 7) is 0.462. The van der Waals surface area contributed by atoms with E-state index in [0.29, 0.717) is 17.5 Å². The molecule has 0 saturated heterocycles. The maximum Gasteiger partial charge on any atom is 0.255 e. The van der Waals surface area contributed by atoms with Gasteiger partial charge in [0.05, 0.1) is 6.20 Å². The predicted molar refractivity (Wildman–Crippen MR) is 41.2 cm³/mol. The van der Waals surface area contributed by atoms with Gasteiger partial charge in [0, 0.05) is 17.2 Å². The van der Waals surface area contributed by atoms with Crippen LogP contribution in [-0.4, -0.2) is 17.3 Å². The number of hydrogen-bond acceptors (Lipinski definition) is 4. The lowest BCUT2D eigenvalue weighted by Gasteiger charge is -1.88. The molecule has 6 heteroatoms. The van der Waals surface area contributed by atoms with Gasteiger partial charge in [-0.25, -0.2) is 4.98 Å². The number of aromatic nitrogens is 1. The van der Waals surface area contributed by atoms with Crippen LogP contribution >= 0.6 is 11.8 Å². The molecular formula is C5H6N4OS. The number of thioether (sulfide) groups is 1. The second-order valence-corrected chi connectivity index (χ2v) is 2.65. The van der Waals surface area contributed by atoms with Crippen molar-refractivity contribution < 1.29 is 4.42 Å². The van der Waals surface area contributed by atoms with E-state index in [2.05, 4.69) is 15.0 Å². The third kappa shape index (κ3) is 2.97. The molecule has 0 saturated carbocycles. The molecule has 1 rings (SSSR count). The summed E-state index contributed by atoms with van der Waals surface area (Å²) in [5.41, 5.74) is 7.93. The highest BCUT2D eigenvalue weighted by atomic mass is 32.2. The topological polar surface area (TPSA) is 74.8 Å². The Kier molecular flexibility index (Phi) is 3.37. The van der Waals surface area contributed by atoms with Crippen LogP contribution in [0.2, 0.25) is 0 Å². The maximum atomic E-state index is 7.93. The van der Waals surface area contributed by atoms with E-state index in [-0.39, 0.29) is 0 Å². The molecule has 11 heavy (non-hydrogen) atoms. The molecule has 0 aromatic carbocycles. The van der Waals surface area contributed by atoms with E-state index in [1.807, 2.05) is 0 Å². The molecule has 0 amide bonds. The van der Waals surface area contributed by atoms with Gasteiger partial charge in [0.1, 0.15) is 6.26 Å². The lowest BCUT2D eigenvalue weighted by Crippen LogP contribution is -1.82. The smallest absolute Gasteiger partial charge is 0.255 e. The average Bonchev–Trinajstić information content (AvgIpc) is 2.50. The number of azide groups is 1. The van der Waals surface area contributed by atoms with Gasteiger partial charge in [0.25, 0.3) is 5.22 Å². The number of rotatable bonds is 4. The Morgan fingerprint density at radius 2 is 2.73 bits per heavy atom. The van der Waals surface area contributed by atoms with Crippen molar-refractivity contribution in [3.63, 3.8) is 0 Å². The lowest BCUT2D eigenvalue weighted by molar-refractivity contribution is 0.454. The minimum Gasteiger partial charge on any atom is -0.440 e. The average molecular weight is 170 g/mol. The molecule has 0 aliphatic rings. The first-order chi connectivity index (χ1) is 5.43. The Morgan fingerprint density at radius 1 is 1.82 bits per heavy atom. The van der Waals surface area contributed by atoms with Crippen molar-refractivity contribution >= 4 is 11.8 Å². The van der Waals surface area contributed by atoms with Gasteiger partial charge >= 0.3 is 0 Å². The molecule has 0 aliphatic heterocycles. The molecule has 58 valence electrons. The molecule has 0 spiro atoms. The van der Waals surface area contributed by atoms with Crippen LogP contribution in [0.25, 0.3) is 10.4 Å². The van der Waals surface area contributed by atoms with E-state index in [0.717, 1.165) is 0 Å². The van der Waals surface area contributed by atoms with Gasteiger partial charge in [0.15, 0.2) is 0 Å². The van der Waals surface area contributed by atoms with E-state index in [9.17, 15) is 0 Å². The molecular weight excluding hydrogens is 164 g/mol. The van der Waals surface area contributed by atoms with Crippen LogP contribution in [0.4, 0.5) is 0 Å². The van der Waals surface area contributed by atoms with E-state index >= 15 is 0 Å². The second kappa shape index (κ2) is 4.65. The minimum atomic E-state index is 0.462. The molecule has 0 atom stereocenters. The fourth-order valence-electron chi connectivity index (χ4n) is 0.500. The quantitative estimate of drug-likeness (QED) is 0.228. The second-order valence-electron chi connectivity index (χ2n) is 1.60. The Bertz CT molecular complexity index is 241. The summed E-state index contributed by atoms with van der Waals surface area (Å²) >= 11 is 1.42. The monoisotopic (exact) mass is 170 g/mol. The fraction of sp³-hybridized carbons (Fsp3) is 0.400. The molecule has 0 fully saturated rings. The standard InChI is InChI=1S/C5H6N4OS/c6-9-8-2-4-11-5-7-1-3-10-5/h1,3H,2,4H2. The molecule has 0 N–H and O–H groups in total. The van der Waals surface area contributed by atoms with Crippen LogP contribution in [0.3, 0.4) is 0 Å². The zero-order valence-electron chi connectivity index (χ0n) is 5.67. The molecule has 1 aromatic rings. The zero-order valence-corrected chi connectivity index (χ0v) is 6.49. The van der Waals surface area contributed by atoms with E-state index in [1.165, 1.54) is 18.0 Å². The van der Waals surface area contributed by atoms with Gasteiger partial charge in [-0.1, -0.05) is 16.9 Å². The molecule has 0 unspecified atom stereocenters. The summed E-state index contributed by atoms with van der Waals surface area (Å²) in [6.07, 6.45) is 3.09. The van der Waals surface area contributed by atoms with Crippen LogP contribution in [0.1, 0.15) is 0 Å². The normalized spacial score (nSPS) is 9.09. The summed E-state index contributed by atoms with van der Waals surface area (Å²) in [7, 11) is 0. The van der Waals surface area contributed by atoms with Gasteiger partial charge in [-0.2, -0.15) is 0 Å². The summed E-state index contributed by atoms with van der Waals surface area (Å²) in [5.74, 6) is 0.699. The third-order valence-corrected chi connectivity index (χ3v) is 1.73. The first-order valence-electron chi connectivity index (χ1n) is 2.96. The number of nitrogens with zero attached hydrogens (tertiary/aromatic N) is 4. The summed E-state index contributed by atoms with van der Waals surface area (Å²) < 4.78 is 4.93. The molecule has 5 nitrogen and oxygen atoms in total. The molecule has 1 heterocycles. The van der Waals surface area contributed by atoms with Gasteiger partial charge in [0.2, 0.25) is 0 Å². The maximum absolute atomic E-state index is 7.93. The Labute approximate surface area is 67.4 Å². The first kappa shape index (κ1) is 7.97. The number of oxazole rings is 1. The molecule has 0 radical (unpaired) electrons. The molecule has 0 bridgehead atoms. The van der Waals surface area contributed by atoms with Crippen molar-refractivity contribution in [2.24, 2.45) is 5.11 Å². The highest BCUT2D eigenvalue weighted by Gasteiger charge is 1.95. The van der Waals surface area contributed by atoms with Crippen LogP contribution in [-0.2, 0) is 0 Å². The van der Waals surface area contributed by atoms with Gasteiger partial charge in [-0.05, 0) is 5.53 Å². The fourth-order valence-corrected chi connectivity index (χ4v) is 1.11. The van der Waals surface area contributed by atoms with Gasteiger partial charge in [-0.15, -0.1) is 0 Å². The summed E-state index contributed by atoms with van der Waals surface area (Å²) in [4.78, 5) is 6.49. The Balaban J connectivity index is 2.18. The van der Waals surface area contributed by atoms with E-state index in [1.54, 1.807) is 6.20 Å². The van der Waals surface area contributed by atoms with E-state index in [4.69, 9.17) is 9.95 Å². The van der Waals surface area contributed by atoms with Crippen LogP contribution in [0, 0.1) is 0 Å². The van der Waals surface area contributed by atoms with Crippen molar-refractivity contribution in [3.05, 3.63) is 22.9 Å². The third-order valence-electron chi connectivity index (χ3n) is 0.890. The van der Waals surface area contributed by atoms with Crippen LogP contribution in [0.15, 0.2) is 27.2 Å². The van der Waals surface area contributed by atoms with Crippen molar-refractivity contribution in [3.8, 4) is 0 Å². The van der Waals surface area contributed by atoms with Crippen molar-refractivity contribution in [2.75, 3.05) is 12.3 Å². The largest absolute Gasteiger partial charge is 0.440 e. The van der Waals surface area contributed by atoms with Crippen LogP contribution in [0.5, 0.6) is 0 Å². The minimum absolute atomic E-state index is 0.462. The predicted octanol–water partition coefficient (Wildman–Crippen LogP) is 2.08. The first-order valence-corrected chi connectivity index (χ1v) is 3.95. The van der Waals surface area contributed by atoms with Crippen molar-refractivity contribution in [2.45, 2.75) is 5.22 Å². The highest BCUT2D eigenvalue weighted by Crippen LogP contribution is 2.13. The van der Waals surface area contributed by atoms with Gasteiger partial charge < -0.3 is 4.42 Å². The Hall–Kier alpha value is -1.13. The molecule has 1 aromatic heterocycles. The van der Waals surface area contributed by atoms with Crippen LogP contribution < -0.4 is 0 Å². The number of hydrogen-bond donors (Lipinski definition) is 0. The highest BCUT2D eigenvalue weighted by molar-refractivity contribution is 7.99. The summed E-state index contributed by atoms with van der Waals surface area (Å²) in [6, 6.07) is 0. The summed E-state index contributed by atoms with van der Waals surface area (Å²) in [5, 5.41) is 3.97. The van der Waals surface area contributed by atoms with Gasteiger partial charge in [-0.3, -0.25) is 0 Å². The molecule has 0 aliphatic carbocycles. The zero-order chi connectivity index (χ0) is 7.94. The van der Waals surface area contributed by atoms with Crippen molar-refractivity contribution in [1.82, 2.24) is 4.98 Å². The van der Waals surface area contributed by atoms with E-state index < -0.39 is 0 Å². The Morgan fingerprint density at radius 3 is 3.36 bits per heavy atom.